The summed E-state index contributed by atoms with van der Waals surface area (Å²) in [7, 11) is 0. The first-order valence-electron chi connectivity index (χ1n) is 6.34. The van der Waals surface area contributed by atoms with E-state index < -0.39 is 0 Å². The van der Waals surface area contributed by atoms with Crippen molar-refractivity contribution in [3.8, 4) is 0 Å². The molecule has 2 rings (SSSR count). The molecular weight excluding hydrogens is 244 g/mol. The van der Waals surface area contributed by atoms with E-state index in [1.54, 1.807) is 11.8 Å². The highest BCUT2D eigenvalue weighted by Gasteiger charge is 2.10. The molecule has 2 aromatic heterocycles. The van der Waals surface area contributed by atoms with Gasteiger partial charge in [-0.3, -0.25) is 4.40 Å². The molecule has 18 heavy (non-hydrogen) atoms. The topological polar surface area (TPSA) is 42.2 Å². The van der Waals surface area contributed by atoms with Crippen molar-refractivity contribution < 1.29 is 0 Å². The van der Waals surface area contributed by atoms with Gasteiger partial charge in [0.2, 0.25) is 0 Å². The SMILES string of the molecule is CC(C)CNCC(C)Sc1nnc2ccccn12. The van der Waals surface area contributed by atoms with Gasteiger partial charge in [-0.05, 0) is 24.6 Å². The molecule has 0 aromatic carbocycles. The van der Waals surface area contributed by atoms with Crippen molar-refractivity contribution in [3.63, 3.8) is 0 Å². The Hall–Kier alpha value is -1.07. The standard InChI is InChI=1S/C13H20N4S/c1-10(2)8-14-9-11(3)18-13-16-15-12-6-4-5-7-17(12)13/h4-7,10-11,14H,8-9H2,1-3H3. The number of nitrogens with zero attached hydrogens (tertiary/aromatic N) is 3. The lowest BCUT2D eigenvalue weighted by Gasteiger charge is -2.12. The van der Waals surface area contributed by atoms with E-state index in [0.29, 0.717) is 11.2 Å². The number of nitrogens with one attached hydrogen (secondary N) is 1. The Morgan fingerprint density at radius 1 is 1.22 bits per heavy atom. The Kier molecular flexibility index (Phi) is 4.60. The van der Waals surface area contributed by atoms with Crippen LogP contribution in [-0.4, -0.2) is 32.9 Å². The summed E-state index contributed by atoms with van der Waals surface area (Å²) in [6, 6.07) is 5.95. The molecule has 5 heteroatoms. The summed E-state index contributed by atoms with van der Waals surface area (Å²) in [4.78, 5) is 0. The molecule has 1 N–H and O–H groups in total. The molecule has 4 nitrogen and oxygen atoms in total. The van der Waals surface area contributed by atoms with Crippen molar-refractivity contribution >= 4 is 17.4 Å². The molecule has 98 valence electrons. The van der Waals surface area contributed by atoms with Gasteiger partial charge in [-0.1, -0.05) is 38.6 Å². The van der Waals surface area contributed by atoms with Gasteiger partial charge >= 0.3 is 0 Å². The smallest absolute Gasteiger partial charge is 0.195 e. The third-order valence-corrected chi connectivity index (χ3v) is 3.63. The number of fused-ring (bicyclic) bond motifs is 1. The van der Waals surface area contributed by atoms with Crippen molar-refractivity contribution in [1.29, 1.82) is 0 Å². The summed E-state index contributed by atoms with van der Waals surface area (Å²) < 4.78 is 2.03. The zero-order valence-electron chi connectivity index (χ0n) is 11.1. The van der Waals surface area contributed by atoms with E-state index in [-0.39, 0.29) is 0 Å². The van der Waals surface area contributed by atoms with Crippen LogP contribution in [0.15, 0.2) is 29.6 Å². The molecule has 0 amide bonds. The molecule has 0 radical (unpaired) electrons. The largest absolute Gasteiger partial charge is 0.315 e. The van der Waals surface area contributed by atoms with E-state index in [4.69, 9.17) is 0 Å². The molecule has 0 saturated carbocycles. The fourth-order valence-electron chi connectivity index (χ4n) is 1.70. The second kappa shape index (κ2) is 6.20. The monoisotopic (exact) mass is 264 g/mol. The molecule has 2 heterocycles. The number of hydrogen-bond acceptors (Lipinski definition) is 4. The van der Waals surface area contributed by atoms with E-state index >= 15 is 0 Å². The van der Waals surface area contributed by atoms with Gasteiger partial charge in [-0.25, -0.2) is 0 Å². The Morgan fingerprint density at radius 3 is 2.83 bits per heavy atom. The van der Waals surface area contributed by atoms with Crippen LogP contribution in [0, 0.1) is 5.92 Å². The Bertz CT molecular complexity index is 494. The molecule has 0 saturated heterocycles. The lowest BCUT2D eigenvalue weighted by molar-refractivity contribution is 0.553. The number of thioether (sulfide) groups is 1. The molecule has 0 aliphatic heterocycles. The molecule has 0 fully saturated rings. The first-order chi connectivity index (χ1) is 8.66. The van der Waals surface area contributed by atoms with Crippen LogP contribution in [0.25, 0.3) is 5.65 Å². The van der Waals surface area contributed by atoms with Crippen LogP contribution in [0.4, 0.5) is 0 Å². The molecule has 0 spiro atoms. The fraction of sp³-hybridized carbons (Fsp3) is 0.538. The third-order valence-electron chi connectivity index (χ3n) is 2.57. The lowest BCUT2D eigenvalue weighted by Crippen LogP contribution is -2.26. The highest BCUT2D eigenvalue weighted by Crippen LogP contribution is 2.21. The average Bonchev–Trinajstić information content (AvgIpc) is 2.72. The van der Waals surface area contributed by atoms with Crippen molar-refractivity contribution in [1.82, 2.24) is 19.9 Å². The van der Waals surface area contributed by atoms with Gasteiger partial charge in [0, 0.05) is 18.0 Å². The molecular formula is C13H20N4S. The van der Waals surface area contributed by atoms with Crippen molar-refractivity contribution in [2.24, 2.45) is 5.92 Å². The van der Waals surface area contributed by atoms with Gasteiger partial charge in [-0.15, -0.1) is 10.2 Å². The number of hydrogen-bond donors (Lipinski definition) is 1. The van der Waals surface area contributed by atoms with Crippen LogP contribution < -0.4 is 5.32 Å². The van der Waals surface area contributed by atoms with Crippen LogP contribution >= 0.6 is 11.8 Å². The second-order valence-corrected chi connectivity index (χ2v) is 6.30. The first kappa shape index (κ1) is 13.4. The van der Waals surface area contributed by atoms with E-state index in [1.165, 1.54) is 0 Å². The predicted molar refractivity (Wildman–Crippen MR) is 76.0 cm³/mol. The Morgan fingerprint density at radius 2 is 2.06 bits per heavy atom. The van der Waals surface area contributed by atoms with Gasteiger partial charge < -0.3 is 5.32 Å². The molecule has 1 unspecified atom stereocenters. The summed E-state index contributed by atoms with van der Waals surface area (Å²) in [5, 5.41) is 13.3. The maximum Gasteiger partial charge on any atom is 0.195 e. The maximum absolute atomic E-state index is 4.23. The van der Waals surface area contributed by atoms with E-state index in [0.717, 1.165) is 23.9 Å². The van der Waals surface area contributed by atoms with Gasteiger partial charge in [0.25, 0.3) is 0 Å². The lowest BCUT2D eigenvalue weighted by atomic mass is 10.2. The zero-order valence-corrected chi connectivity index (χ0v) is 11.9. The molecule has 0 aliphatic carbocycles. The summed E-state index contributed by atoms with van der Waals surface area (Å²) in [5.41, 5.74) is 0.905. The minimum absolute atomic E-state index is 0.483. The average molecular weight is 264 g/mol. The predicted octanol–water partition coefficient (Wildman–Crippen LogP) is 2.46. The number of rotatable bonds is 6. The van der Waals surface area contributed by atoms with Crippen LogP contribution in [0.3, 0.4) is 0 Å². The van der Waals surface area contributed by atoms with Crippen LogP contribution in [0.2, 0.25) is 0 Å². The first-order valence-corrected chi connectivity index (χ1v) is 7.22. The van der Waals surface area contributed by atoms with Gasteiger partial charge in [0.15, 0.2) is 10.8 Å². The van der Waals surface area contributed by atoms with Gasteiger partial charge in [-0.2, -0.15) is 0 Å². The second-order valence-electron chi connectivity index (χ2n) is 4.89. The quantitative estimate of drug-likeness (QED) is 0.814. The van der Waals surface area contributed by atoms with Crippen molar-refractivity contribution in [2.45, 2.75) is 31.2 Å². The summed E-state index contributed by atoms with van der Waals surface area (Å²) >= 11 is 1.76. The highest BCUT2D eigenvalue weighted by molar-refractivity contribution is 7.99. The van der Waals surface area contributed by atoms with Gasteiger partial charge in [0.1, 0.15) is 0 Å². The Labute approximate surface area is 112 Å². The minimum Gasteiger partial charge on any atom is -0.315 e. The third kappa shape index (κ3) is 3.46. The minimum atomic E-state index is 0.483. The molecule has 2 aromatic rings. The van der Waals surface area contributed by atoms with Crippen LogP contribution in [-0.2, 0) is 0 Å². The maximum atomic E-state index is 4.23. The Balaban J connectivity index is 1.92. The molecule has 0 bridgehead atoms. The summed E-state index contributed by atoms with van der Waals surface area (Å²) in [6.07, 6.45) is 2.01. The fourth-order valence-corrected chi connectivity index (χ4v) is 2.61. The van der Waals surface area contributed by atoms with Crippen LogP contribution in [0.1, 0.15) is 20.8 Å². The summed E-state index contributed by atoms with van der Waals surface area (Å²) in [5.74, 6) is 0.691. The number of aromatic nitrogens is 3. The summed E-state index contributed by atoms with van der Waals surface area (Å²) in [6.45, 7) is 8.70. The van der Waals surface area contributed by atoms with Crippen molar-refractivity contribution in [3.05, 3.63) is 24.4 Å². The highest BCUT2D eigenvalue weighted by atomic mass is 32.2. The van der Waals surface area contributed by atoms with E-state index in [1.807, 2.05) is 28.8 Å². The van der Waals surface area contributed by atoms with Crippen LogP contribution in [0.5, 0.6) is 0 Å². The van der Waals surface area contributed by atoms with Gasteiger partial charge in [0.05, 0.1) is 0 Å². The van der Waals surface area contributed by atoms with E-state index in [2.05, 4.69) is 36.3 Å². The molecule has 0 aliphatic rings. The normalized spacial score (nSPS) is 13.3. The number of pyridine rings is 1. The molecule has 1 atom stereocenters. The van der Waals surface area contributed by atoms with Crippen molar-refractivity contribution in [2.75, 3.05) is 13.1 Å². The van der Waals surface area contributed by atoms with E-state index in [9.17, 15) is 0 Å². The zero-order chi connectivity index (χ0) is 13.0.